The van der Waals surface area contributed by atoms with Crippen LogP contribution >= 0.6 is 0 Å². The molecule has 1 aromatic heterocycles. The van der Waals surface area contributed by atoms with E-state index in [4.69, 9.17) is 4.42 Å². The van der Waals surface area contributed by atoms with Gasteiger partial charge in [0.05, 0.1) is 23.6 Å². The topological polar surface area (TPSA) is 91.0 Å². The number of amides is 1. The predicted octanol–water partition coefficient (Wildman–Crippen LogP) is 4.05. The molecule has 0 saturated carbocycles. The summed E-state index contributed by atoms with van der Waals surface area (Å²) in [6.07, 6.45) is 1.26. The number of hydrogen-bond donors (Lipinski definition) is 2. The van der Waals surface area contributed by atoms with Crippen LogP contribution in [0.25, 0.3) is 0 Å². The van der Waals surface area contributed by atoms with Gasteiger partial charge >= 0.3 is 0 Å². The number of benzene rings is 2. The molecule has 4 rings (SSSR count). The lowest BCUT2D eigenvalue weighted by Crippen LogP contribution is -2.31. The summed E-state index contributed by atoms with van der Waals surface area (Å²) in [5, 5.41) is 20.0. The van der Waals surface area contributed by atoms with Gasteiger partial charge in [0.25, 0.3) is 5.91 Å². The van der Waals surface area contributed by atoms with E-state index in [9.17, 15) is 28.6 Å². The molecule has 2 aromatic carbocycles. The largest absolute Gasteiger partial charge is 0.508 e. The van der Waals surface area contributed by atoms with E-state index >= 15 is 0 Å². The van der Waals surface area contributed by atoms with Gasteiger partial charge < -0.3 is 14.6 Å². The molecule has 29 heavy (non-hydrogen) atoms. The fourth-order valence-electron chi connectivity index (χ4n) is 3.27. The van der Waals surface area contributed by atoms with Crippen molar-refractivity contribution in [2.45, 2.75) is 6.04 Å². The number of rotatable bonds is 4. The summed E-state index contributed by atoms with van der Waals surface area (Å²) in [4.78, 5) is 26.6. The van der Waals surface area contributed by atoms with Gasteiger partial charge in [-0.25, -0.2) is 8.78 Å². The number of Topliss-reactive ketones (excluding diaryl/α,β-unsaturated/α-hetero) is 1. The Hall–Kier alpha value is -3.94. The molecule has 0 radical (unpaired) electrons. The SMILES string of the molecule is O=C(C1=C(O)C(=O)N(c2ccc(F)cc2F)C1c1ccc(O)cc1)c1ccco1. The number of furan rings is 1. The fraction of sp³-hybridized carbons (Fsp3) is 0.0476. The van der Waals surface area contributed by atoms with Crippen LogP contribution in [0.3, 0.4) is 0 Å². The van der Waals surface area contributed by atoms with Gasteiger partial charge in [-0.3, -0.25) is 14.5 Å². The molecular weight excluding hydrogens is 384 g/mol. The van der Waals surface area contributed by atoms with Gasteiger partial charge in [-0.15, -0.1) is 0 Å². The monoisotopic (exact) mass is 397 g/mol. The zero-order valence-electron chi connectivity index (χ0n) is 14.7. The smallest absolute Gasteiger partial charge is 0.294 e. The zero-order chi connectivity index (χ0) is 20.7. The van der Waals surface area contributed by atoms with E-state index in [-0.39, 0.29) is 22.8 Å². The Labute approximate surface area is 162 Å². The molecule has 2 heterocycles. The lowest BCUT2D eigenvalue weighted by Gasteiger charge is -2.27. The zero-order valence-corrected chi connectivity index (χ0v) is 14.7. The maximum Gasteiger partial charge on any atom is 0.294 e. The van der Waals surface area contributed by atoms with Crippen molar-refractivity contribution >= 4 is 17.4 Å². The molecule has 1 aliphatic rings. The second-order valence-electron chi connectivity index (χ2n) is 6.33. The molecule has 1 unspecified atom stereocenters. The highest BCUT2D eigenvalue weighted by Crippen LogP contribution is 2.43. The van der Waals surface area contributed by atoms with Crippen LogP contribution in [-0.4, -0.2) is 21.9 Å². The first-order valence-corrected chi connectivity index (χ1v) is 8.47. The number of halogens is 2. The van der Waals surface area contributed by atoms with E-state index in [2.05, 4.69) is 0 Å². The molecule has 0 saturated heterocycles. The van der Waals surface area contributed by atoms with Crippen LogP contribution in [0.5, 0.6) is 5.75 Å². The number of aliphatic hydroxyl groups excluding tert-OH is 1. The molecule has 1 aliphatic heterocycles. The average Bonchev–Trinajstić information content (AvgIpc) is 3.31. The van der Waals surface area contributed by atoms with E-state index in [1.54, 1.807) is 0 Å². The highest BCUT2D eigenvalue weighted by atomic mass is 19.1. The summed E-state index contributed by atoms with van der Waals surface area (Å²) in [6, 6.07) is 9.71. The summed E-state index contributed by atoms with van der Waals surface area (Å²) < 4.78 is 32.9. The van der Waals surface area contributed by atoms with Crippen molar-refractivity contribution in [3.63, 3.8) is 0 Å². The standard InChI is InChI=1S/C21H13F2NO5/c22-12-5-8-15(14(23)10-12)24-18(11-3-6-13(25)7-4-11)17(20(27)21(24)28)19(26)16-2-1-9-29-16/h1-10,18,25,27H. The van der Waals surface area contributed by atoms with Gasteiger partial charge in [-0.1, -0.05) is 12.1 Å². The molecule has 6 nitrogen and oxygen atoms in total. The Bertz CT molecular complexity index is 1140. The number of anilines is 1. The molecule has 2 N–H and O–H groups in total. The highest BCUT2D eigenvalue weighted by molar-refractivity contribution is 6.20. The van der Waals surface area contributed by atoms with Crippen LogP contribution in [-0.2, 0) is 4.79 Å². The van der Waals surface area contributed by atoms with Crippen LogP contribution in [0.15, 0.2) is 76.6 Å². The number of hydrogen-bond acceptors (Lipinski definition) is 5. The van der Waals surface area contributed by atoms with Gasteiger partial charge in [-0.2, -0.15) is 0 Å². The van der Waals surface area contributed by atoms with Crippen molar-refractivity contribution in [3.8, 4) is 5.75 Å². The minimum absolute atomic E-state index is 0.0651. The number of phenols is 1. The van der Waals surface area contributed by atoms with Crippen molar-refractivity contribution in [3.05, 3.63) is 95.2 Å². The van der Waals surface area contributed by atoms with Crippen molar-refractivity contribution in [2.24, 2.45) is 0 Å². The molecule has 1 atom stereocenters. The van der Waals surface area contributed by atoms with Gasteiger partial charge in [0.15, 0.2) is 11.5 Å². The molecule has 0 aliphatic carbocycles. The van der Waals surface area contributed by atoms with Gasteiger partial charge in [0.2, 0.25) is 5.78 Å². The molecule has 0 spiro atoms. The number of aliphatic hydroxyl groups is 1. The normalized spacial score (nSPS) is 16.6. The number of nitrogens with zero attached hydrogens (tertiary/aromatic N) is 1. The van der Waals surface area contributed by atoms with Crippen LogP contribution in [0.4, 0.5) is 14.5 Å². The van der Waals surface area contributed by atoms with Crippen molar-refractivity contribution in [1.29, 1.82) is 0 Å². The van der Waals surface area contributed by atoms with E-state index in [1.165, 1.54) is 42.7 Å². The van der Waals surface area contributed by atoms with E-state index in [0.717, 1.165) is 17.0 Å². The Balaban J connectivity index is 1.91. The highest BCUT2D eigenvalue weighted by Gasteiger charge is 2.46. The Kier molecular flexibility index (Phi) is 4.38. The van der Waals surface area contributed by atoms with Crippen molar-refractivity contribution in [2.75, 3.05) is 4.90 Å². The summed E-state index contributed by atoms with van der Waals surface area (Å²) in [5.41, 5.74) is -0.318. The molecule has 0 fully saturated rings. The maximum atomic E-state index is 14.5. The third-order valence-corrected chi connectivity index (χ3v) is 4.58. The Morgan fingerprint density at radius 1 is 1.03 bits per heavy atom. The third-order valence-electron chi connectivity index (χ3n) is 4.58. The van der Waals surface area contributed by atoms with Crippen molar-refractivity contribution < 1.29 is 33.0 Å². The minimum atomic E-state index is -1.22. The molecule has 146 valence electrons. The summed E-state index contributed by atoms with van der Waals surface area (Å²) >= 11 is 0. The summed E-state index contributed by atoms with van der Waals surface area (Å²) in [5.74, 6) is -4.72. The Morgan fingerprint density at radius 2 is 1.76 bits per heavy atom. The average molecular weight is 397 g/mol. The van der Waals surface area contributed by atoms with E-state index < -0.39 is 35.1 Å². The number of ketones is 1. The van der Waals surface area contributed by atoms with Crippen LogP contribution in [0.1, 0.15) is 22.2 Å². The number of carbonyl (C=O) groups is 2. The van der Waals surface area contributed by atoms with Crippen LogP contribution < -0.4 is 4.90 Å². The first-order chi connectivity index (χ1) is 13.9. The van der Waals surface area contributed by atoms with E-state index in [1.807, 2.05) is 0 Å². The fourth-order valence-corrected chi connectivity index (χ4v) is 3.27. The summed E-state index contributed by atoms with van der Waals surface area (Å²) in [7, 11) is 0. The lowest BCUT2D eigenvalue weighted by molar-refractivity contribution is -0.117. The second-order valence-corrected chi connectivity index (χ2v) is 6.33. The van der Waals surface area contributed by atoms with Crippen molar-refractivity contribution in [1.82, 2.24) is 0 Å². The molecule has 1 amide bonds. The minimum Gasteiger partial charge on any atom is -0.508 e. The van der Waals surface area contributed by atoms with Gasteiger partial charge in [0.1, 0.15) is 17.4 Å². The lowest BCUT2D eigenvalue weighted by atomic mass is 9.94. The van der Waals surface area contributed by atoms with Gasteiger partial charge in [-0.05, 0) is 42.0 Å². The summed E-state index contributed by atoms with van der Waals surface area (Å²) in [6.45, 7) is 0. The molecular formula is C21H13F2NO5. The molecule has 0 bridgehead atoms. The number of phenolic OH excluding ortho intramolecular Hbond substituents is 1. The first kappa shape index (κ1) is 18.4. The second kappa shape index (κ2) is 6.90. The van der Waals surface area contributed by atoms with Crippen LogP contribution in [0.2, 0.25) is 0 Å². The number of carbonyl (C=O) groups excluding carboxylic acids is 2. The molecule has 3 aromatic rings. The Morgan fingerprint density at radius 3 is 2.38 bits per heavy atom. The van der Waals surface area contributed by atoms with Crippen LogP contribution in [0, 0.1) is 11.6 Å². The first-order valence-electron chi connectivity index (χ1n) is 8.47. The number of aromatic hydroxyl groups is 1. The maximum absolute atomic E-state index is 14.5. The third kappa shape index (κ3) is 3.04. The predicted molar refractivity (Wildman–Crippen MR) is 97.4 cm³/mol. The quantitative estimate of drug-likeness (QED) is 0.649. The van der Waals surface area contributed by atoms with Gasteiger partial charge in [0, 0.05) is 6.07 Å². The molecule has 8 heteroatoms. The van der Waals surface area contributed by atoms with E-state index in [0.29, 0.717) is 11.6 Å².